The van der Waals surface area contributed by atoms with Gasteiger partial charge in [-0.3, -0.25) is 9.48 Å². The molecule has 0 atom stereocenters. The predicted molar refractivity (Wildman–Crippen MR) is 93.1 cm³/mol. The van der Waals surface area contributed by atoms with E-state index in [0.29, 0.717) is 18.2 Å². The normalized spacial score (nSPS) is 14.7. The first kappa shape index (κ1) is 16.6. The number of amides is 1. The van der Waals surface area contributed by atoms with Crippen molar-refractivity contribution in [2.75, 3.05) is 7.05 Å². The molecule has 1 aliphatic carbocycles. The van der Waals surface area contributed by atoms with E-state index in [1.165, 1.54) is 0 Å². The quantitative estimate of drug-likeness (QED) is 0.935. The summed E-state index contributed by atoms with van der Waals surface area (Å²) in [5.41, 5.74) is 2.11. The van der Waals surface area contributed by atoms with E-state index in [1.54, 1.807) is 24.1 Å². The number of aromatic hydroxyl groups is 1. The Kier molecular flexibility index (Phi) is 4.11. The first-order valence-electron chi connectivity index (χ1n) is 8.40. The number of nitrogens with zero attached hydrogens (tertiary/aromatic N) is 3. The van der Waals surface area contributed by atoms with Crippen molar-refractivity contribution in [2.24, 2.45) is 0 Å². The van der Waals surface area contributed by atoms with E-state index >= 15 is 0 Å². The lowest BCUT2D eigenvalue weighted by molar-refractivity contribution is 0.0764. The SMILES string of the molecule is CN(Cc1ccccc1O)C(=O)c1cc(C2CC2)nn1C(C)(C)C. The van der Waals surface area contributed by atoms with Gasteiger partial charge < -0.3 is 10.0 Å². The summed E-state index contributed by atoms with van der Waals surface area (Å²) in [6.45, 7) is 6.52. The van der Waals surface area contributed by atoms with Gasteiger partial charge in [0.25, 0.3) is 5.91 Å². The molecule has 1 heterocycles. The average Bonchev–Trinajstić information content (AvgIpc) is 3.26. The molecule has 3 rings (SSSR count). The second kappa shape index (κ2) is 5.96. The van der Waals surface area contributed by atoms with Gasteiger partial charge in [0.2, 0.25) is 0 Å². The number of aromatic nitrogens is 2. The van der Waals surface area contributed by atoms with Crippen LogP contribution in [-0.4, -0.2) is 32.7 Å². The van der Waals surface area contributed by atoms with Crippen molar-refractivity contribution in [1.82, 2.24) is 14.7 Å². The van der Waals surface area contributed by atoms with Gasteiger partial charge in [-0.25, -0.2) is 0 Å². The molecule has 0 bridgehead atoms. The third-order valence-electron chi connectivity index (χ3n) is 4.32. The summed E-state index contributed by atoms with van der Waals surface area (Å²) >= 11 is 0. The summed E-state index contributed by atoms with van der Waals surface area (Å²) in [4.78, 5) is 14.6. The third kappa shape index (κ3) is 3.30. The highest BCUT2D eigenvalue weighted by Gasteiger charge is 2.32. The Morgan fingerprint density at radius 2 is 2.00 bits per heavy atom. The summed E-state index contributed by atoms with van der Waals surface area (Å²) in [7, 11) is 1.76. The number of carbonyl (C=O) groups is 1. The number of hydrogen-bond acceptors (Lipinski definition) is 3. The largest absolute Gasteiger partial charge is 0.508 e. The van der Waals surface area contributed by atoms with Crippen LogP contribution in [0.5, 0.6) is 5.75 Å². The molecule has 24 heavy (non-hydrogen) atoms. The first-order valence-corrected chi connectivity index (χ1v) is 8.40. The predicted octanol–water partition coefficient (Wildman–Crippen LogP) is 3.49. The molecule has 1 aromatic carbocycles. The zero-order valence-electron chi connectivity index (χ0n) is 14.8. The Hall–Kier alpha value is -2.30. The maximum atomic E-state index is 13.0. The minimum absolute atomic E-state index is 0.0763. The molecule has 1 aromatic heterocycles. The van der Waals surface area contributed by atoms with Crippen molar-refractivity contribution >= 4 is 5.91 Å². The van der Waals surface area contributed by atoms with E-state index in [9.17, 15) is 9.90 Å². The molecule has 1 fully saturated rings. The summed E-state index contributed by atoms with van der Waals surface area (Å²) in [6, 6.07) is 9.04. The van der Waals surface area contributed by atoms with Crippen LogP contribution in [0.2, 0.25) is 0 Å². The second-order valence-electron chi connectivity index (χ2n) is 7.60. The van der Waals surface area contributed by atoms with Crippen molar-refractivity contribution in [3.05, 3.63) is 47.3 Å². The zero-order chi connectivity index (χ0) is 17.5. The van der Waals surface area contributed by atoms with E-state index < -0.39 is 0 Å². The molecule has 1 N–H and O–H groups in total. The van der Waals surface area contributed by atoms with Gasteiger partial charge in [-0.2, -0.15) is 5.10 Å². The van der Waals surface area contributed by atoms with E-state index in [-0.39, 0.29) is 17.2 Å². The van der Waals surface area contributed by atoms with Crippen LogP contribution in [0.15, 0.2) is 30.3 Å². The first-order chi connectivity index (χ1) is 11.3. The highest BCUT2D eigenvalue weighted by atomic mass is 16.3. The average molecular weight is 327 g/mol. The summed E-state index contributed by atoms with van der Waals surface area (Å²) in [5.74, 6) is 0.636. The van der Waals surface area contributed by atoms with Crippen LogP contribution in [0.25, 0.3) is 0 Å². The summed E-state index contributed by atoms with van der Waals surface area (Å²) in [5, 5.41) is 14.6. The number of carbonyl (C=O) groups excluding carboxylic acids is 1. The van der Waals surface area contributed by atoms with Crippen LogP contribution >= 0.6 is 0 Å². The van der Waals surface area contributed by atoms with Gasteiger partial charge in [0.05, 0.1) is 11.2 Å². The lowest BCUT2D eigenvalue weighted by Crippen LogP contribution is -2.33. The summed E-state index contributed by atoms with van der Waals surface area (Å²) in [6.07, 6.45) is 2.31. The van der Waals surface area contributed by atoms with Crippen molar-refractivity contribution in [3.8, 4) is 5.75 Å². The standard InChI is InChI=1S/C19H25N3O2/c1-19(2,3)22-16(11-15(20-22)13-9-10-13)18(24)21(4)12-14-7-5-6-8-17(14)23/h5-8,11,13,23H,9-10,12H2,1-4H3. The molecule has 5 nitrogen and oxygen atoms in total. The van der Waals surface area contributed by atoms with Crippen LogP contribution in [0.1, 0.15) is 61.3 Å². The number of phenols is 1. The molecular formula is C19H25N3O2. The Morgan fingerprint density at radius 3 is 2.58 bits per heavy atom. The molecular weight excluding hydrogens is 302 g/mol. The molecule has 2 aromatic rings. The van der Waals surface area contributed by atoms with Gasteiger partial charge in [-0.15, -0.1) is 0 Å². The number of rotatable bonds is 4. The number of phenolic OH excluding ortho intramolecular Hbond substituents is 1. The smallest absolute Gasteiger partial charge is 0.272 e. The minimum Gasteiger partial charge on any atom is -0.508 e. The van der Waals surface area contributed by atoms with Crippen LogP contribution in [0.3, 0.4) is 0 Å². The van der Waals surface area contributed by atoms with Gasteiger partial charge in [0, 0.05) is 25.1 Å². The topological polar surface area (TPSA) is 58.4 Å². The van der Waals surface area contributed by atoms with E-state index in [0.717, 1.165) is 24.1 Å². The molecule has 5 heteroatoms. The third-order valence-corrected chi connectivity index (χ3v) is 4.32. The van der Waals surface area contributed by atoms with Gasteiger partial charge in [-0.05, 0) is 45.7 Å². The Labute approximate surface area is 142 Å². The lowest BCUT2D eigenvalue weighted by Gasteiger charge is -2.24. The van der Waals surface area contributed by atoms with Crippen LogP contribution in [-0.2, 0) is 12.1 Å². The van der Waals surface area contributed by atoms with Crippen molar-refractivity contribution in [3.63, 3.8) is 0 Å². The van der Waals surface area contributed by atoms with Crippen LogP contribution < -0.4 is 0 Å². The van der Waals surface area contributed by atoms with E-state index in [1.807, 2.05) is 22.9 Å². The van der Waals surface area contributed by atoms with Gasteiger partial charge in [0.1, 0.15) is 11.4 Å². The lowest BCUT2D eigenvalue weighted by atomic mass is 10.1. The van der Waals surface area contributed by atoms with Crippen LogP contribution in [0, 0.1) is 0 Å². The number of hydrogen-bond donors (Lipinski definition) is 1. The Morgan fingerprint density at radius 1 is 1.33 bits per heavy atom. The minimum atomic E-state index is -0.256. The molecule has 0 aliphatic heterocycles. The Balaban J connectivity index is 1.87. The molecule has 128 valence electrons. The molecule has 1 saturated carbocycles. The molecule has 1 aliphatic rings. The van der Waals surface area contributed by atoms with E-state index in [4.69, 9.17) is 5.10 Å². The maximum absolute atomic E-state index is 13.0. The van der Waals surface area contributed by atoms with Gasteiger partial charge in [0.15, 0.2) is 0 Å². The second-order valence-corrected chi connectivity index (χ2v) is 7.60. The zero-order valence-corrected chi connectivity index (χ0v) is 14.8. The van der Waals surface area contributed by atoms with Crippen LogP contribution in [0.4, 0.5) is 0 Å². The fraction of sp³-hybridized carbons (Fsp3) is 0.474. The summed E-state index contributed by atoms with van der Waals surface area (Å²) < 4.78 is 1.84. The van der Waals surface area contributed by atoms with E-state index in [2.05, 4.69) is 20.8 Å². The Bertz CT molecular complexity index is 754. The highest BCUT2D eigenvalue weighted by molar-refractivity contribution is 5.92. The van der Waals surface area contributed by atoms with Crippen molar-refractivity contribution < 1.29 is 9.90 Å². The number of benzene rings is 1. The monoisotopic (exact) mass is 327 g/mol. The molecule has 0 spiro atoms. The number of para-hydroxylation sites is 1. The van der Waals surface area contributed by atoms with Crippen molar-refractivity contribution in [1.29, 1.82) is 0 Å². The fourth-order valence-electron chi connectivity index (χ4n) is 2.81. The molecule has 0 unspecified atom stereocenters. The molecule has 0 saturated heterocycles. The van der Waals surface area contributed by atoms with Crippen molar-refractivity contribution in [2.45, 2.75) is 51.6 Å². The fourth-order valence-corrected chi connectivity index (χ4v) is 2.81. The van der Waals surface area contributed by atoms with Gasteiger partial charge in [-0.1, -0.05) is 18.2 Å². The van der Waals surface area contributed by atoms with Gasteiger partial charge >= 0.3 is 0 Å². The molecule has 0 radical (unpaired) electrons. The highest BCUT2D eigenvalue weighted by Crippen LogP contribution is 2.40. The maximum Gasteiger partial charge on any atom is 0.272 e. The molecule has 1 amide bonds.